The molecule has 0 atom stereocenters. The number of hydrogen-bond donors (Lipinski definition) is 0. The fraction of sp³-hybridized carbons (Fsp3) is 0. The van der Waals surface area contributed by atoms with Crippen LogP contribution in [0.1, 0.15) is 0 Å². The predicted octanol–water partition coefficient (Wildman–Crippen LogP) is 12.1. The van der Waals surface area contributed by atoms with Gasteiger partial charge in [0.25, 0.3) is 0 Å². The first-order chi connectivity index (χ1) is 27.8. The molecule has 4 aromatic heterocycles. The first kappa shape index (κ1) is 31.8. The van der Waals surface area contributed by atoms with Crippen LogP contribution in [0.15, 0.2) is 194 Å². The Hall–Kier alpha value is -7.70. The normalized spacial score (nSPS) is 11.6. The molecular formula is C50H32N6. The summed E-state index contributed by atoms with van der Waals surface area (Å²) in [5.41, 5.74) is 11.1. The maximum Gasteiger partial charge on any atom is 0.238 e. The Morgan fingerprint density at radius 2 is 0.732 bits per heavy atom. The molecule has 0 saturated carbocycles. The fourth-order valence-electron chi connectivity index (χ4n) is 8.02. The average molecular weight is 717 g/mol. The predicted molar refractivity (Wildman–Crippen MR) is 228 cm³/mol. The molecule has 6 nitrogen and oxygen atoms in total. The lowest BCUT2D eigenvalue weighted by Crippen LogP contribution is -2.07. The highest BCUT2D eigenvalue weighted by Crippen LogP contribution is 2.41. The molecule has 11 aromatic rings. The molecule has 0 spiro atoms. The van der Waals surface area contributed by atoms with Crippen molar-refractivity contribution >= 4 is 43.6 Å². The second-order valence-corrected chi connectivity index (χ2v) is 13.9. The Balaban J connectivity index is 1.15. The molecule has 11 rings (SSSR count). The summed E-state index contributed by atoms with van der Waals surface area (Å²) in [7, 11) is 0. The summed E-state index contributed by atoms with van der Waals surface area (Å²) in [5.74, 6) is 1.75. The zero-order valence-corrected chi connectivity index (χ0v) is 30.2. The van der Waals surface area contributed by atoms with Gasteiger partial charge in [0.2, 0.25) is 5.95 Å². The summed E-state index contributed by atoms with van der Waals surface area (Å²) >= 11 is 0. The van der Waals surface area contributed by atoms with E-state index in [1.807, 2.05) is 48.5 Å². The summed E-state index contributed by atoms with van der Waals surface area (Å²) in [6.45, 7) is 0. The quantitative estimate of drug-likeness (QED) is 0.172. The maximum atomic E-state index is 5.31. The smallest absolute Gasteiger partial charge is 0.238 e. The molecule has 7 aromatic carbocycles. The van der Waals surface area contributed by atoms with E-state index in [0.717, 1.165) is 72.2 Å². The maximum absolute atomic E-state index is 5.31. The van der Waals surface area contributed by atoms with Gasteiger partial charge in [0.05, 0.1) is 33.5 Å². The van der Waals surface area contributed by atoms with Crippen LogP contribution in [0.5, 0.6) is 0 Å². The van der Waals surface area contributed by atoms with E-state index in [1.165, 1.54) is 10.8 Å². The number of pyridine rings is 1. The van der Waals surface area contributed by atoms with Crippen LogP contribution in [0, 0.1) is 0 Å². The molecule has 0 aliphatic rings. The van der Waals surface area contributed by atoms with Crippen molar-refractivity contribution in [1.82, 2.24) is 29.1 Å². The number of hydrogen-bond acceptors (Lipinski definition) is 4. The van der Waals surface area contributed by atoms with Crippen molar-refractivity contribution < 1.29 is 0 Å². The molecule has 0 saturated heterocycles. The van der Waals surface area contributed by atoms with Crippen LogP contribution in [0.4, 0.5) is 0 Å². The Kier molecular flexibility index (Phi) is 7.38. The molecule has 6 heteroatoms. The van der Waals surface area contributed by atoms with Crippen LogP contribution in [0.2, 0.25) is 0 Å². The second-order valence-electron chi connectivity index (χ2n) is 13.9. The zero-order chi connectivity index (χ0) is 37.0. The minimum absolute atomic E-state index is 0.554. The first-order valence-electron chi connectivity index (χ1n) is 18.7. The van der Waals surface area contributed by atoms with Gasteiger partial charge in [0.15, 0.2) is 11.6 Å². The summed E-state index contributed by atoms with van der Waals surface area (Å²) in [5, 5.41) is 4.62. The van der Waals surface area contributed by atoms with E-state index in [4.69, 9.17) is 19.9 Å². The molecule has 0 amide bonds. The van der Waals surface area contributed by atoms with Crippen LogP contribution < -0.4 is 0 Å². The minimum atomic E-state index is 0.554. The highest BCUT2D eigenvalue weighted by Gasteiger charge is 2.23. The average Bonchev–Trinajstić information content (AvgIpc) is 3.80. The number of benzene rings is 7. The molecular weight excluding hydrogens is 685 g/mol. The van der Waals surface area contributed by atoms with E-state index in [1.54, 1.807) is 0 Å². The van der Waals surface area contributed by atoms with Gasteiger partial charge in [-0.2, -0.15) is 9.97 Å². The number of aromatic nitrogens is 6. The van der Waals surface area contributed by atoms with Crippen molar-refractivity contribution in [2.24, 2.45) is 0 Å². The van der Waals surface area contributed by atoms with Crippen LogP contribution in [-0.2, 0) is 0 Å². The molecule has 0 N–H and O–H groups in total. The summed E-state index contributed by atoms with van der Waals surface area (Å²) < 4.78 is 4.61. The van der Waals surface area contributed by atoms with Crippen LogP contribution in [0.3, 0.4) is 0 Å². The van der Waals surface area contributed by atoms with Crippen molar-refractivity contribution in [3.63, 3.8) is 0 Å². The SMILES string of the molecule is c1ccc(-c2cccc(-c3ccc(-c4nc(-c5ccccc5)nc(-n5c6ccccc6c6ccc7c8ccccc8n(-c8ccccc8)c7c65)n4)cc3)n2)cc1. The Morgan fingerprint density at radius 1 is 0.286 bits per heavy atom. The summed E-state index contributed by atoms with van der Waals surface area (Å²) in [6.07, 6.45) is 0. The van der Waals surface area contributed by atoms with Gasteiger partial charge in [-0.3, -0.25) is 4.57 Å². The Morgan fingerprint density at radius 3 is 1.34 bits per heavy atom. The van der Waals surface area contributed by atoms with Gasteiger partial charge in [0, 0.05) is 49.5 Å². The van der Waals surface area contributed by atoms with E-state index < -0.39 is 0 Å². The van der Waals surface area contributed by atoms with Gasteiger partial charge in [-0.25, -0.2) is 9.97 Å². The van der Waals surface area contributed by atoms with Crippen LogP contribution in [-0.4, -0.2) is 29.1 Å². The first-order valence-corrected chi connectivity index (χ1v) is 18.7. The highest BCUT2D eigenvalue weighted by atomic mass is 15.2. The van der Waals surface area contributed by atoms with Crippen LogP contribution >= 0.6 is 0 Å². The molecule has 0 fully saturated rings. The van der Waals surface area contributed by atoms with Gasteiger partial charge in [-0.1, -0.05) is 158 Å². The monoisotopic (exact) mass is 716 g/mol. The van der Waals surface area contributed by atoms with E-state index in [9.17, 15) is 0 Å². The molecule has 0 aliphatic carbocycles. The summed E-state index contributed by atoms with van der Waals surface area (Å²) in [6, 6.07) is 67.2. The van der Waals surface area contributed by atoms with E-state index >= 15 is 0 Å². The lowest BCUT2D eigenvalue weighted by Gasteiger charge is -2.13. The number of para-hydroxylation sites is 3. The highest BCUT2D eigenvalue weighted by molar-refractivity contribution is 6.23. The fourth-order valence-corrected chi connectivity index (χ4v) is 8.02. The lowest BCUT2D eigenvalue weighted by molar-refractivity contribution is 0.953. The van der Waals surface area contributed by atoms with Crippen LogP contribution in [0.25, 0.3) is 101 Å². The minimum Gasteiger partial charge on any atom is -0.307 e. The standard InChI is InChI=1S/C50H32N6/c1-4-15-33(16-5-1)42-23-14-24-43(51-42)34-27-29-36(30-28-34)49-52-48(35-17-6-2-7-18-35)53-50(54-49)56-45-26-13-11-22-39(45)41-32-31-40-38-21-10-12-25-44(38)55(46(40)47(41)56)37-19-8-3-9-20-37/h1-32H. The van der Waals surface area contributed by atoms with Gasteiger partial charge in [-0.15, -0.1) is 0 Å². The van der Waals surface area contributed by atoms with Gasteiger partial charge in [-0.05, 0) is 36.4 Å². The van der Waals surface area contributed by atoms with Crippen molar-refractivity contribution in [3.05, 3.63) is 194 Å². The molecule has 0 aliphatic heterocycles. The van der Waals surface area contributed by atoms with Crippen molar-refractivity contribution in [3.8, 4) is 56.9 Å². The van der Waals surface area contributed by atoms with E-state index in [-0.39, 0.29) is 0 Å². The Bertz CT molecular complexity index is 3220. The van der Waals surface area contributed by atoms with E-state index in [2.05, 4.69) is 155 Å². The van der Waals surface area contributed by atoms with Crippen molar-refractivity contribution in [2.75, 3.05) is 0 Å². The third-order valence-corrected chi connectivity index (χ3v) is 10.6. The zero-order valence-electron chi connectivity index (χ0n) is 30.2. The third-order valence-electron chi connectivity index (χ3n) is 10.6. The van der Waals surface area contributed by atoms with Gasteiger partial charge < -0.3 is 4.57 Å². The third kappa shape index (κ3) is 5.19. The topological polar surface area (TPSA) is 61.4 Å². The molecule has 0 radical (unpaired) electrons. The molecule has 262 valence electrons. The molecule has 56 heavy (non-hydrogen) atoms. The molecule has 0 unspecified atom stereocenters. The van der Waals surface area contributed by atoms with E-state index in [0.29, 0.717) is 17.6 Å². The number of rotatable bonds is 6. The summed E-state index contributed by atoms with van der Waals surface area (Å²) in [4.78, 5) is 20.7. The van der Waals surface area contributed by atoms with Gasteiger partial charge in [0.1, 0.15) is 0 Å². The van der Waals surface area contributed by atoms with Crippen molar-refractivity contribution in [2.45, 2.75) is 0 Å². The number of fused-ring (bicyclic) bond motifs is 7. The second kappa shape index (κ2) is 13.0. The largest absolute Gasteiger partial charge is 0.307 e. The van der Waals surface area contributed by atoms with Gasteiger partial charge >= 0.3 is 0 Å². The molecule has 0 bridgehead atoms. The number of nitrogens with zero attached hydrogens (tertiary/aromatic N) is 6. The molecule has 4 heterocycles. The lowest BCUT2D eigenvalue weighted by atomic mass is 10.1. The van der Waals surface area contributed by atoms with Crippen molar-refractivity contribution in [1.29, 1.82) is 0 Å². The Labute approximate surface area is 322 Å².